The van der Waals surface area contributed by atoms with E-state index < -0.39 is 0 Å². The lowest BCUT2D eigenvalue weighted by Crippen LogP contribution is -2.06. The first-order chi connectivity index (χ1) is 5.85. The minimum absolute atomic E-state index is 0.223. The van der Waals surface area contributed by atoms with Crippen LogP contribution in [0.1, 0.15) is 32.6 Å². The standard InChI is InChI=1S/C10H20O2/c1-3-4-7-10(12-2)8-5-6-9-11/h5,8,10-11H,3-4,6-7,9H2,1-2H3. The van der Waals surface area contributed by atoms with E-state index in [9.17, 15) is 0 Å². The van der Waals surface area contributed by atoms with Crippen LogP contribution in [-0.4, -0.2) is 24.9 Å². The van der Waals surface area contributed by atoms with E-state index >= 15 is 0 Å². The van der Waals surface area contributed by atoms with Crippen molar-refractivity contribution in [2.45, 2.75) is 38.7 Å². The highest BCUT2D eigenvalue weighted by molar-refractivity contribution is 4.89. The average molecular weight is 172 g/mol. The topological polar surface area (TPSA) is 29.5 Å². The highest BCUT2D eigenvalue weighted by atomic mass is 16.5. The number of aliphatic hydroxyl groups excluding tert-OH is 1. The molecular formula is C10H20O2. The maximum atomic E-state index is 8.54. The molecule has 0 amide bonds. The molecule has 0 aromatic rings. The van der Waals surface area contributed by atoms with Gasteiger partial charge in [-0.25, -0.2) is 0 Å². The molecule has 1 N–H and O–H groups in total. The van der Waals surface area contributed by atoms with Crippen molar-refractivity contribution in [3.63, 3.8) is 0 Å². The number of aliphatic hydroxyl groups is 1. The van der Waals surface area contributed by atoms with Crippen LogP contribution in [0.5, 0.6) is 0 Å². The first-order valence-electron chi connectivity index (χ1n) is 4.65. The van der Waals surface area contributed by atoms with Crippen LogP contribution in [0.4, 0.5) is 0 Å². The van der Waals surface area contributed by atoms with Crippen molar-refractivity contribution in [2.75, 3.05) is 13.7 Å². The van der Waals surface area contributed by atoms with Crippen molar-refractivity contribution < 1.29 is 9.84 Å². The largest absolute Gasteiger partial charge is 0.396 e. The van der Waals surface area contributed by atoms with E-state index in [2.05, 4.69) is 6.92 Å². The fourth-order valence-electron chi connectivity index (χ4n) is 1.02. The number of methoxy groups -OCH3 is 1. The van der Waals surface area contributed by atoms with Gasteiger partial charge in [0.25, 0.3) is 0 Å². The van der Waals surface area contributed by atoms with Gasteiger partial charge >= 0.3 is 0 Å². The first-order valence-corrected chi connectivity index (χ1v) is 4.65. The van der Waals surface area contributed by atoms with Crippen LogP contribution in [0.15, 0.2) is 12.2 Å². The lowest BCUT2D eigenvalue weighted by Gasteiger charge is -2.09. The van der Waals surface area contributed by atoms with Crippen molar-refractivity contribution in [1.29, 1.82) is 0 Å². The molecule has 0 aromatic carbocycles. The summed E-state index contributed by atoms with van der Waals surface area (Å²) in [5.74, 6) is 0. The Morgan fingerprint density at radius 2 is 2.25 bits per heavy atom. The Morgan fingerprint density at radius 1 is 1.50 bits per heavy atom. The SMILES string of the molecule is CCCCC(C=CCCO)OC. The molecule has 0 aliphatic rings. The van der Waals surface area contributed by atoms with Gasteiger partial charge in [0.15, 0.2) is 0 Å². The molecule has 2 heteroatoms. The van der Waals surface area contributed by atoms with Gasteiger partial charge in [0, 0.05) is 13.7 Å². The Kier molecular flexibility index (Phi) is 8.51. The molecule has 0 bridgehead atoms. The van der Waals surface area contributed by atoms with E-state index in [1.165, 1.54) is 12.8 Å². The van der Waals surface area contributed by atoms with Crippen molar-refractivity contribution in [3.05, 3.63) is 12.2 Å². The minimum atomic E-state index is 0.223. The second-order valence-corrected chi connectivity index (χ2v) is 2.86. The lowest BCUT2D eigenvalue weighted by atomic mass is 10.1. The Bertz CT molecular complexity index is 110. The second kappa shape index (κ2) is 8.75. The van der Waals surface area contributed by atoms with Crippen molar-refractivity contribution >= 4 is 0 Å². The maximum absolute atomic E-state index is 8.54. The van der Waals surface area contributed by atoms with E-state index in [0.717, 1.165) is 12.8 Å². The molecule has 0 aliphatic heterocycles. The molecule has 0 rings (SSSR count). The molecule has 0 aliphatic carbocycles. The summed E-state index contributed by atoms with van der Waals surface area (Å²) in [7, 11) is 1.73. The Balaban J connectivity index is 3.51. The lowest BCUT2D eigenvalue weighted by molar-refractivity contribution is 0.131. The molecule has 0 radical (unpaired) electrons. The molecule has 0 aromatic heterocycles. The van der Waals surface area contributed by atoms with Gasteiger partial charge in [-0.3, -0.25) is 0 Å². The van der Waals surface area contributed by atoms with Gasteiger partial charge in [-0.1, -0.05) is 31.9 Å². The molecule has 0 heterocycles. The summed E-state index contributed by atoms with van der Waals surface area (Å²) in [6.45, 7) is 2.39. The molecule has 1 atom stereocenters. The molecule has 1 unspecified atom stereocenters. The maximum Gasteiger partial charge on any atom is 0.0752 e. The molecule has 0 saturated carbocycles. The van der Waals surface area contributed by atoms with Crippen LogP contribution in [0.3, 0.4) is 0 Å². The Morgan fingerprint density at radius 3 is 2.75 bits per heavy atom. The number of ether oxygens (including phenoxy) is 1. The molecular weight excluding hydrogens is 152 g/mol. The van der Waals surface area contributed by atoms with Crippen molar-refractivity contribution in [3.8, 4) is 0 Å². The predicted molar refractivity (Wildman–Crippen MR) is 51.2 cm³/mol. The van der Waals surface area contributed by atoms with Gasteiger partial charge in [-0.15, -0.1) is 0 Å². The summed E-state index contributed by atoms with van der Waals surface area (Å²) in [5, 5.41) is 8.54. The van der Waals surface area contributed by atoms with E-state index in [0.29, 0.717) is 0 Å². The molecule has 0 saturated heterocycles. The number of rotatable bonds is 7. The quantitative estimate of drug-likeness (QED) is 0.596. The monoisotopic (exact) mass is 172 g/mol. The second-order valence-electron chi connectivity index (χ2n) is 2.86. The van der Waals surface area contributed by atoms with Crippen molar-refractivity contribution in [2.24, 2.45) is 0 Å². The Labute approximate surface area is 75.2 Å². The van der Waals surface area contributed by atoms with Gasteiger partial charge < -0.3 is 9.84 Å². The molecule has 0 spiro atoms. The number of unbranched alkanes of at least 4 members (excludes halogenated alkanes) is 1. The normalized spacial score (nSPS) is 13.9. The van der Waals surface area contributed by atoms with Gasteiger partial charge in [0.2, 0.25) is 0 Å². The average Bonchev–Trinajstić information content (AvgIpc) is 2.11. The third-order valence-corrected chi connectivity index (χ3v) is 1.79. The van der Waals surface area contributed by atoms with Gasteiger partial charge in [0.1, 0.15) is 0 Å². The zero-order valence-corrected chi connectivity index (χ0v) is 8.12. The van der Waals surface area contributed by atoms with Crippen LogP contribution in [0, 0.1) is 0 Å². The van der Waals surface area contributed by atoms with Crippen LogP contribution >= 0.6 is 0 Å². The number of hydrogen-bond acceptors (Lipinski definition) is 2. The summed E-state index contributed by atoms with van der Waals surface area (Å²) < 4.78 is 5.23. The van der Waals surface area contributed by atoms with E-state index in [4.69, 9.17) is 9.84 Å². The van der Waals surface area contributed by atoms with Crippen LogP contribution in [0.2, 0.25) is 0 Å². The van der Waals surface area contributed by atoms with Gasteiger partial charge in [0.05, 0.1) is 6.10 Å². The predicted octanol–water partition coefficient (Wildman–Crippen LogP) is 2.13. The van der Waals surface area contributed by atoms with E-state index in [-0.39, 0.29) is 12.7 Å². The van der Waals surface area contributed by atoms with Crippen LogP contribution in [-0.2, 0) is 4.74 Å². The van der Waals surface area contributed by atoms with E-state index in [1.54, 1.807) is 7.11 Å². The molecule has 2 nitrogen and oxygen atoms in total. The fraction of sp³-hybridized carbons (Fsp3) is 0.800. The highest BCUT2D eigenvalue weighted by Gasteiger charge is 1.99. The van der Waals surface area contributed by atoms with Crippen LogP contribution in [0.25, 0.3) is 0 Å². The first kappa shape index (κ1) is 11.7. The van der Waals surface area contributed by atoms with Crippen LogP contribution < -0.4 is 0 Å². The van der Waals surface area contributed by atoms with Crippen molar-refractivity contribution in [1.82, 2.24) is 0 Å². The summed E-state index contributed by atoms with van der Waals surface area (Å²) in [6.07, 6.45) is 8.45. The Hall–Kier alpha value is -0.340. The summed E-state index contributed by atoms with van der Waals surface area (Å²) in [6, 6.07) is 0. The fourth-order valence-corrected chi connectivity index (χ4v) is 1.02. The molecule has 0 fully saturated rings. The third kappa shape index (κ3) is 6.38. The molecule has 72 valence electrons. The van der Waals surface area contributed by atoms with Gasteiger partial charge in [-0.05, 0) is 12.8 Å². The smallest absolute Gasteiger partial charge is 0.0752 e. The van der Waals surface area contributed by atoms with Gasteiger partial charge in [-0.2, -0.15) is 0 Å². The summed E-state index contributed by atoms with van der Waals surface area (Å²) in [4.78, 5) is 0. The minimum Gasteiger partial charge on any atom is -0.396 e. The zero-order valence-electron chi connectivity index (χ0n) is 8.12. The summed E-state index contributed by atoms with van der Waals surface area (Å²) >= 11 is 0. The highest BCUT2D eigenvalue weighted by Crippen LogP contribution is 2.05. The third-order valence-electron chi connectivity index (χ3n) is 1.79. The zero-order chi connectivity index (χ0) is 9.23. The number of hydrogen-bond donors (Lipinski definition) is 1. The summed E-state index contributed by atoms with van der Waals surface area (Å²) in [5.41, 5.74) is 0. The van der Waals surface area contributed by atoms with E-state index in [1.807, 2.05) is 12.2 Å². The molecule has 12 heavy (non-hydrogen) atoms.